The summed E-state index contributed by atoms with van der Waals surface area (Å²) in [6, 6.07) is 17.8. The Hall–Kier alpha value is -3.56. The second-order valence-corrected chi connectivity index (χ2v) is 6.99. The molecule has 0 amide bonds. The van der Waals surface area contributed by atoms with Crippen molar-refractivity contribution < 1.29 is 14.2 Å². The number of imidazole rings is 1. The monoisotopic (exact) mass is 417 g/mol. The van der Waals surface area contributed by atoms with Crippen LogP contribution < -0.4 is 9.47 Å². The Morgan fingerprint density at radius 3 is 2.06 bits per heavy atom. The van der Waals surface area contributed by atoms with Gasteiger partial charge in [-0.1, -0.05) is 0 Å². The van der Waals surface area contributed by atoms with Crippen molar-refractivity contribution in [2.24, 2.45) is 0 Å². The van der Waals surface area contributed by atoms with E-state index < -0.39 is 0 Å². The van der Waals surface area contributed by atoms with Crippen LogP contribution in [0.25, 0.3) is 28.6 Å². The minimum atomic E-state index is -0.278. The van der Waals surface area contributed by atoms with Gasteiger partial charge in [0, 0.05) is 23.3 Å². The Balaban J connectivity index is 2.31. The molecular formula is C25H27N3O3. The van der Waals surface area contributed by atoms with Crippen LogP contribution in [0.3, 0.4) is 0 Å². The number of ether oxygens (including phenoxy) is 3. The summed E-state index contributed by atoms with van der Waals surface area (Å²) < 4.78 is 18.6. The van der Waals surface area contributed by atoms with E-state index in [1.165, 1.54) is 0 Å². The molecule has 3 aromatic rings. The molecule has 6 nitrogen and oxygen atoms in total. The van der Waals surface area contributed by atoms with E-state index in [2.05, 4.69) is 6.07 Å². The highest BCUT2D eigenvalue weighted by Gasteiger charge is 2.23. The minimum absolute atomic E-state index is 0.278. The van der Waals surface area contributed by atoms with Crippen molar-refractivity contribution in [2.45, 2.75) is 27.0 Å². The second-order valence-electron chi connectivity index (χ2n) is 6.99. The fraction of sp³-hybridized carbons (Fsp3) is 0.280. The molecular weight excluding hydrogens is 390 g/mol. The number of hydrogen-bond donors (Lipinski definition) is 0. The molecule has 0 saturated carbocycles. The fourth-order valence-electron chi connectivity index (χ4n) is 3.44. The number of methoxy groups -OCH3 is 2. The van der Waals surface area contributed by atoms with E-state index in [-0.39, 0.29) is 6.23 Å². The van der Waals surface area contributed by atoms with E-state index in [9.17, 15) is 5.26 Å². The van der Waals surface area contributed by atoms with Gasteiger partial charge in [0.15, 0.2) is 0 Å². The van der Waals surface area contributed by atoms with E-state index in [1.54, 1.807) is 27.2 Å². The quantitative estimate of drug-likeness (QED) is 0.439. The largest absolute Gasteiger partial charge is 0.497 e. The average molecular weight is 418 g/mol. The third-order valence-electron chi connectivity index (χ3n) is 4.96. The van der Waals surface area contributed by atoms with Gasteiger partial charge in [0.2, 0.25) is 0 Å². The summed E-state index contributed by atoms with van der Waals surface area (Å²) in [5.74, 6) is 2.22. The summed E-state index contributed by atoms with van der Waals surface area (Å²) in [5.41, 5.74) is 4.19. The van der Waals surface area contributed by atoms with E-state index in [1.807, 2.05) is 66.9 Å². The Labute approximate surface area is 183 Å². The lowest BCUT2D eigenvalue weighted by Crippen LogP contribution is -2.12. The van der Waals surface area contributed by atoms with Gasteiger partial charge in [-0.2, -0.15) is 5.26 Å². The molecule has 0 bridgehead atoms. The number of hydrogen-bond acceptors (Lipinski definition) is 5. The van der Waals surface area contributed by atoms with Crippen LogP contribution in [0.1, 0.15) is 32.8 Å². The zero-order chi connectivity index (χ0) is 22.4. The predicted molar refractivity (Wildman–Crippen MR) is 122 cm³/mol. The SMILES string of the molecule is CCOC(C)n1c(/C=C(/C)C#N)nc(-c2ccc(OC)cc2)c1-c1ccc(OC)cc1. The summed E-state index contributed by atoms with van der Waals surface area (Å²) >= 11 is 0. The van der Waals surface area contributed by atoms with Gasteiger partial charge in [-0.25, -0.2) is 4.98 Å². The summed E-state index contributed by atoms with van der Waals surface area (Å²) in [4.78, 5) is 4.93. The molecule has 1 atom stereocenters. The van der Waals surface area contributed by atoms with Crippen LogP contribution >= 0.6 is 0 Å². The van der Waals surface area contributed by atoms with Gasteiger partial charge in [-0.3, -0.25) is 4.57 Å². The zero-order valence-corrected chi connectivity index (χ0v) is 18.5. The molecule has 0 aliphatic rings. The maximum Gasteiger partial charge on any atom is 0.136 e. The number of allylic oxidation sites excluding steroid dienone is 1. The fourth-order valence-corrected chi connectivity index (χ4v) is 3.44. The van der Waals surface area contributed by atoms with Crippen molar-refractivity contribution in [3.63, 3.8) is 0 Å². The number of benzene rings is 2. The molecule has 6 heteroatoms. The Morgan fingerprint density at radius 2 is 1.58 bits per heavy atom. The van der Waals surface area contributed by atoms with E-state index in [4.69, 9.17) is 19.2 Å². The molecule has 0 N–H and O–H groups in total. The van der Waals surface area contributed by atoms with E-state index in [0.29, 0.717) is 18.0 Å². The molecule has 2 aromatic carbocycles. The van der Waals surface area contributed by atoms with Crippen LogP contribution in [0.4, 0.5) is 0 Å². The Bertz CT molecular complexity index is 1090. The molecule has 0 aliphatic heterocycles. The van der Waals surface area contributed by atoms with Crippen molar-refractivity contribution in [3.05, 3.63) is 59.9 Å². The molecule has 0 aliphatic carbocycles. The highest BCUT2D eigenvalue weighted by molar-refractivity contribution is 5.81. The van der Waals surface area contributed by atoms with Gasteiger partial charge in [0.25, 0.3) is 0 Å². The molecule has 0 spiro atoms. The van der Waals surface area contributed by atoms with Crippen LogP contribution in [-0.2, 0) is 4.74 Å². The molecule has 3 rings (SSSR count). The molecule has 0 radical (unpaired) electrons. The van der Waals surface area contributed by atoms with Gasteiger partial charge >= 0.3 is 0 Å². The maximum absolute atomic E-state index is 9.34. The summed E-state index contributed by atoms with van der Waals surface area (Å²) in [6.45, 7) is 6.26. The summed E-state index contributed by atoms with van der Waals surface area (Å²) in [5, 5.41) is 9.34. The van der Waals surface area contributed by atoms with Crippen molar-refractivity contribution in [1.29, 1.82) is 5.26 Å². The number of rotatable bonds is 8. The average Bonchev–Trinajstić information content (AvgIpc) is 3.18. The Morgan fingerprint density at radius 1 is 1.03 bits per heavy atom. The first kappa shape index (κ1) is 22.1. The first-order valence-electron chi connectivity index (χ1n) is 10.1. The number of aromatic nitrogens is 2. The van der Waals surface area contributed by atoms with Crippen LogP contribution in [0.5, 0.6) is 11.5 Å². The molecule has 160 valence electrons. The van der Waals surface area contributed by atoms with Crippen LogP contribution in [-0.4, -0.2) is 30.4 Å². The number of nitriles is 1. The van der Waals surface area contributed by atoms with Crippen LogP contribution in [0.2, 0.25) is 0 Å². The molecule has 1 heterocycles. The highest BCUT2D eigenvalue weighted by Crippen LogP contribution is 2.37. The van der Waals surface area contributed by atoms with Gasteiger partial charge in [0.05, 0.1) is 31.7 Å². The van der Waals surface area contributed by atoms with Crippen LogP contribution in [0.15, 0.2) is 54.1 Å². The molecule has 0 fully saturated rings. The number of nitrogens with zero attached hydrogens (tertiary/aromatic N) is 3. The van der Waals surface area contributed by atoms with Gasteiger partial charge < -0.3 is 14.2 Å². The van der Waals surface area contributed by atoms with E-state index in [0.717, 1.165) is 34.0 Å². The van der Waals surface area contributed by atoms with Gasteiger partial charge in [0.1, 0.15) is 23.6 Å². The third-order valence-corrected chi connectivity index (χ3v) is 4.96. The molecule has 1 aromatic heterocycles. The standard InChI is InChI=1S/C25H27N3O3/c1-6-31-18(3)28-23(15-17(2)16-26)27-24(19-7-11-21(29-4)12-8-19)25(28)20-9-13-22(30-5)14-10-20/h7-15,18H,6H2,1-5H3/b17-15-. The third kappa shape index (κ3) is 4.79. The lowest BCUT2D eigenvalue weighted by atomic mass is 10.0. The minimum Gasteiger partial charge on any atom is -0.497 e. The summed E-state index contributed by atoms with van der Waals surface area (Å²) in [7, 11) is 3.29. The van der Waals surface area contributed by atoms with Gasteiger partial charge in [-0.15, -0.1) is 0 Å². The topological polar surface area (TPSA) is 69.3 Å². The first-order chi connectivity index (χ1) is 15.0. The van der Waals surface area contributed by atoms with Gasteiger partial charge in [-0.05, 0) is 75.4 Å². The maximum atomic E-state index is 9.34. The Kier molecular flexibility index (Phi) is 7.11. The molecule has 0 saturated heterocycles. The lowest BCUT2D eigenvalue weighted by Gasteiger charge is -2.19. The second kappa shape index (κ2) is 9.96. The summed E-state index contributed by atoms with van der Waals surface area (Å²) in [6.07, 6.45) is 1.51. The van der Waals surface area contributed by atoms with Crippen molar-refractivity contribution in [1.82, 2.24) is 9.55 Å². The predicted octanol–water partition coefficient (Wildman–Crippen LogP) is 5.72. The lowest BCUT2D eigenvalue weighted by molar-refractivity contribution is 0.0255. The van der Waals surface area contributed by atoms with Crippen LogP contribution in [0, 0.1) is 11.3 Å². The smallest absolute Gasteiger partial charge is 0.136 e. The zero-order valence-electron chi connectivity index (χ0n) is 18.5. The molecule has 31 heavy (non-hydrogen) atoms. The first-order valence-corrected chi connectivity index (χ1v) is 10.1. The van der Waals surface area contributed by atoms with E-state index >= 15 is 0 Å². The highest BCUT2D eigenvalue weighted by atomic mass is 16.5. The van der Waals surface area contributed by atoms with Crippen molar-refractivity contribution >= 4 is 6.08 Å². The normalized spacial score (nSPS) is 12.3. The van der Waals surface area contributed by atoms with Crippen molar-refractivity contribution in [3.8, 4) is 40.1 Å². The van der Waals surface area contributed by atoms with Crippen molar-refractivity contribution in [2.75, 3.05) is 20.8 Å². The molecule has 1 unspecified atom stereocenters.